The lowest BCUT2D eigenvalue weighted by molar-refractivity contribution is -0.141. The fraction of sp³-hybridized carbons (Fsp3) is 0.444. The van der Waals surface area contributed by atoms with Crippen LogP contribution in [0.5, 0.6) is 5.75 Å². The molecule has 158 valence electrons. The Kier molecular flexibility index (Phi) is 5.76. The summed E-state index contributed by atoms with van der Waals surface area (Å²) in [5.74, 6) is -0.893. The van der Waals surface area contributed by atoms with Gasteiger partial charge in [-0.25, -0.2) is 4.98 Å². The fourth-order valence-electron chi connectivity index (χ4n) is 3.13. The van der Waals surface area contributed by atoms with Crippen molar-refractivity contribution in [1.82, 2.24) is 9.97 Å². The number of ether oxygens (including phenoxy) is 1. The third-order valence-electron chi connectivity index (χ3n) is 4.48. The molecule has 1 aliphatic carbocycles. The first-order chi connectivity index (χ1) is 13.6. The molecule has 5 nitrogen and oxygen atoms in total. The molecule has 0 amide bonds. The number of alkyl halides is 6. The summed E-state index contributed by atoms with van der Waals surface area (Å²) in [6.07, 6.45) is -5.95. The second-order valence-corrected chi connectivity index (χ2v) is 6.62. The van der Waals surface area contributed by atoms with E-state index in [0.717, 1.165) is 44.9 Å². The molecule has 1 aromatic carbocycles. The number of hydrogen-bond acceptors (Lipinski definition) is 5. The van der Waals surface area contributed by atoms with Crippen molar-refractivity contribution in [3.8, 4) is 5.75 Å². The Labute approximate surface area is 162 Å². The van der Waals surface area contributed by atoms with Crippen molar-refractivity contribution >= 4 is 17.5 Å². The number of benzene rings is 1. The van der Waals surface area contributed by atoms with E-state index in [4.69, 9.17) is 4.74 Å². The largest absolute Gasteiger partial charge is 0.496 e. The van der Waals surface area contributed by atoms with Gasteiger partial charge < -0.3 is 15.4 Å². The highest BCUT2D eigenvalue weighted by Gasteiger charge is 2.35. The molecule has 0 spiro atoms. The number of nitrogens with one attached hydrogen (secondary N) is 2. The van der Waals surface area contributed by atoms with Gasteiger partial charge in [-0.15, -0.1) is 0 Å². The van der Waals surface area contributed by atoms with Crippen LogP contribution in [-0.4, -0.2) is 23.1 Å². The Balaban J connectivity index is 1.93. The molecule has 1 aliphatic rings. The zero-order chi connectivity index (χ0) is 21.2. The highest BCUT2D eigenvalue weighted by Crippen LogP contribution is 2.38. The van der Waals surface area contributed by atoms with Gasteiger partial charge in [0, 0.05) is 17.8 Å². The van der Waals surface area contributed by atoms with Crippen LogP contribution in [0.2, 0.25) is 0 Å². The van der Waals surface area contributed by atoms with Crippen molar-refractivity contribution in [1.29, 1.82) is 0 Å². The summed E-state index contributed by atoms with van der Waals surface area (Å²) >= 11 is 0. The second kappa shape index (κ2) is 7.96. The van der Waals surface area contributed by atoms with Crippen molar-refractivity contribution in [2.75, 3.05) is 17.7 Å². The van der Waals surface area contributed by atoms with Crippen molar-refractivity contribution in [3.63, 3.8) is 0 Å². The third kappa shape index (κ3) is 5.21. The van der Waals surface area contributed by atoms with Gasteiger partial charge in [-0.05, 0) is 31.0 Å². The second-order valence-electron chi connectivity index (χ2n) is 6.62. The lowest BCUT2D eigenvalue weighted by Gasteiger charge is -2.17. The molecule has 0 bridgehead atoms. The SMILES string of the molecule is COc1ccc(Nc2cc(C(F)(F)F)nc(NC3CCCC3)n2)cc1C(F)(F)F. The monoisotopic (exact) mass is 420 g/mol. The summed E-state index contributed by atoms with van der Waals surface area (Å²) in [6, 6.07) is 3.70. The van der Waals surface area contributed by atoms with Gasteiger partial charge in [0.25, 0.3) is 0 Å². The number of anilines is 3. The van der Waals surface area contributed by atoms with E-state index in [1.807, 2.05) is 0 Å². The van der Waals surface area contributed by atoms with E-state index in [-0.39, 0.29) is 23.5 Å². The molecule has 0 unspecified atom stereocenters. The number of aromatic nitrogens is 2. The minimum atomic E-state index is -4.73. The summed E-state index contributed by atoms with van der Waals surface area (Å²) in [7, 11) is 1.10. The highest BCUT2D eigenvalue weighted by molar-refractivity contribution is 5.61. The summed E-state index contributed by atoms with van der Waals surface area (Å²) < 4.78 is 83.8. The lowest BCUT2D eigenvalue weighted by atomic mass is 10.1. The topological polar surface area (TPSA) is 59.1 Å². The van der Waals surface area contributed by atoms with Crippen LogP contribution >= 0.6 is 0 Å². The zero-order valence-corrected chi connectivity index (χ0v) is 15.3. The van der Waals surface area contributed by atoms with Crippen LogP contribution in [0, 0.1) is 0 Å². The molecule has 0 radical (unpaired) electrons. The lowest BCUT2D eigenvalue weighted by Crippen LogP contribution is -2.19. The van der Waals surface area contributed by atoms with Crippen molar-refractivity contribution in [2.24, 2.45) is 0 Å². The summed E-state index contributed by atoms with van der Waals surface area (Å²) in [4.78, 5) is 7.50. The number of nitrogens with zero attached hydrogens (tertiary/aromatic N) is 2. The first-order valence-electron chi connectivity index (χ1n) is 8.81. The molecular weight excluding hydrogens is 402 g/mol. The van der Waals surface area contributed by atoms with Crippen LogP contribution in [0.15, 0.2) is 24.3 Å². The molecule has 2 aromatic rings. The fourth-order valence-corrected chi connectivity index (χ4v) is 3.13. The van der Waals surface area contributed by atoms with Crippen LogP contribution in [0.3, 0.4) is 0 Å². The van der Waals surface area contributed by atoms with Gasteiger partial charge in [-0.2, -0.15) is 31.3 Å². The first-order valence-corrected chi connectivity index (χ1v) is 8.81. The highest BCUT2D eigenvalue weighted by atomic mass is 19.4. The van der Waals surface area contributed by atoms with Crippen LogP contribution in [0.1, 0.15) is 36.9 Å². The molecule has 1 aromatic heterocycles. The molecule has 0 saturated heterocycles. The van der Waals surface area contributed by atoms with Crippen LogP contribution in [0.25, 0.3) is 0 Å². The van der Waals surface area contributed by atoms with Gasteiger partial charge in [0.05, 0.1) is 12.7 Å². The number of methoxy groups -OCH3 is 1. The third-order valence-corrected chi connectivity index (χ3v) is 4.48. The van der Waals surface area contributed by atoms with Crippen molar-refractivity contribution in [2.45, 2.75) is 44.1 Å². The molecule has 1 fully saturated rings. The normalized spacial score (nSPS) is 15.4. The molecule has 1 heterocycles. The molecule has 29 heavy (non-hydrogen) atoms. The van der Waals surface area contributed by atoms with Crippen molar-refractivity contribution in [3.05, 3.63) is 35.5 Å². The van der Waals surface area contributed by atoms with E-state index in [1.54, 1.807) is 0 Å². The number of halogens is 6. The maximum Gasteiger partial charge on any atom is 0.433 e. The Morgan fingerprint density at radius 3 is 2.24 bits per heavy atom. The van der Waals surface area contributed by atoms with E-state index in [2.05, 4.69) is 20.6 Å². The number of hydrogen-bond donors (Lipinski definition) is 2. The summed E-state index contributed by atoms with van der Waals surface area (Å²) in [5, 5.41) is 5.37. The molecular formula is C18H18F6N4O. The average Bonchev–Trinajstić information content (AvgIpc) is 3.13. The zero-order valence-electron chi connectivity index (χ0n) is 15.3. The molecule has 3 rings (SSSR count). The van der Waals surface area contributed by atoms with Crippen LogP contribution < -0.4 is 15.4 Å². The first kappa shape index (κ1) is 21.0. The summed E-state index contributed by atoms with van der Waals surface area (Å²) in [5.41, 5.74) is -2.34. The predicted molar refractivity (Wildman–Crippen MR) is 94.2 cm³/mol. The van der Waals surface area contributed by atoms with E-state index in [9.17, 15) is 26.3 Å². The van der Waals surface area contributed by atoms with Crippen LogP contribution in [0.4, 0.5) is 43.8 Å². The van der Waals surface area contributed by atoms with E-state index in [1.165, 1.54) is 6.07 Å². The van der Waals surface area contributed by atoms with E-state index >= 15 is 0 Å². The smallest absolute Gasteiger partial charge is 0.433 e. The molecule has 2 N–H and O–H groups in total. The molecule has 0 aliphatic heterocycles. The Morgan fingerprint density at radius 2 is 1.66 bits per heavy atom. The molecule has 11 heteroatoms. The van der Waals surface area contributed by atoms with Gasteiger partial charge >= 0.3 is 12.4 Å². The van der Waals surface area contributed by atoms with Gasteiger partial charge in [0.15, 0.2) is 5.69 Å². The average molecular weight is 420 g/mol. The van der Waals surface area contributed by atoms with E-state index < -0.39 is 29.4 Å². The minimum absolute atomic E-state index is 0.0378. The predicted octanol–water partition coefficient (Wildman–Crippen LogP) is 5.62. The Bertz CT molecular complexity index is 862. The van der Waals surface area contributed by atoms with Gasteiger partial charge in [-0.3, -0.25) is 0 Å². The Hall–Kier alpha value is -2.72. The molecule has 1 saturated carbocycles. The maximum atomic E-state index is 13.2. The quantitative estimate of drug-likeness (QED) is 0.615. The van der Waals surface area contributed by atoms with Gasteiger partial charge in [-0.1, -0.05) is 12.8 Å². The van der Waals surface area contributed by atoms with E-state index in [0.29, 0.717) is 6.07 Å². The number of rotatable bonds is 5. The standard InChI is InChI=1S/C18H18F6N4O/c1-29-13-7-6-11(8-12(13)17(19,20)21)25-15-9-14(18(22,23)24)27-16(28-15)26-10-4-2-3-5-10/h6-10H,2-5H2,1H3,(H2,25,26,27,28). The van der Waals surface area contributed by atoms with Crippen molar-refractivity contribution < 1.29 is 31.1 Å². The minimum Gasteiger partial charge on any atom is -0.496 e. The van der Waals surface area contributed by atoms with Gasteiger partial charge in [0.2, 0.25) is 5.95 Å². The maximum absolute atomic E-state index is 13.2. The van der Waals surface area contributed by atoms with Gasteiger partial charge in [0.1, 0.15) is 11.6 Å². The molecule has 0 atom stereocenters. The Morgan fingerprint density at radius 1 is 0.966 bits per heavy atom. The van der Waals surface area contributed by atoms with Crippen LogP contribution in [-0.2, 0) is 12.4 Å². The summed E-state index contributed by atoms with van der Waals surface area (Å²) in [6.45, 7) is 0.